The van der Waals surface area contributed by atoms with E-state index in [0.717, 1.165) is 18.8 Å². The Morgan fingerprint density at radius 2 is 1.65 bits per heavy atom. The van der Waals surface area contributed by atoms with Crippen molar-refractivity contribution in [2.75, 3.05) is 31.1 Å². The number of rotatable bonds is 2. The third-order valence-corrected chi connectivity index (χ3v) is 3.56. The minimum absolute atomic E-state index is 0.271. The lowest BCUT2D eigenvalue weighted by atomic mass is 10.1. The Balaban J connectivity index is 1.91. The smallest absolute Gasteiger partial charge is 0.410 e. The fourth-order valence-corrected chi connectivity index (χ4v) is 2.38. The Labute approximate surface area is 136 Å². The van der Waals surface area contributed by atoms with Gasteiger partial charge in [0.25, 0.3) is 5.91 Å². The van der Waals surface area contributed by atoms with Crippen LogP contribution in [-0.2, 0) is 4.74 Å². The molecule has 0 bridgehead atoms. The molecule has 0 spiro atoms. The number of carbonyl (C=O) groups excluding carboxylic acids is 2. The fourth-order valence-electron chi connectivity index (χ4n) is 2.38. The van der Waals surface area contributed by atoms with Gasteiger partial charge in [-0.25, -0.2) is 10.6 Å². The summed E-state index contributed by atoms with van der Waals surface area (Å²) < 4.78 is 5.38. The Bertz CT molecular complexity index is 558. The molecule has 0 aliphatic carbocycles. The zero-order valence-electron chi connectivity index (χ0n) is 13.8. The van der Waals surface area contributed by atoms with Crippen LogP contribution in [0.2, 0.25) is 0 Å². The van der Waals surface area contributed by atoms with Gasteiger partial charge in [0.15, 0.2) is 0 Å². The second-order valence-corrected chi connectivity index (χ2v) is 6.47. The first kappa shape index (κ1) is 17.1. The van der Waals surface area contributed by atoms with Crippen LogP contribution in [0.1, 0.15) is 31.1 Å². The maximum Gasteiger partial charge on any atom is 0.410 e. The fraction of sp³-hybridized carbons (Fsp3) is 0.500. The number of hydrogen-bond acceptors (Lipinski definition) is 5. The molecule has 0 radical (unpaired) electrons. The number of carbonyl (C=O) groups is 2. The van der Waals surface area contributed by atoms with E-state index in [2.05, 4.69) is 10.3 Å². The molecule has 2 amide bonds. The monoisotopic (exact) mass is 320 g/mol. The molecule has 0 atom stereocenters. The van der Waals surface area contributed by atoms with Gasteiger partial charge in [-0.2, -0.15) is 0 Å². The van der Waals surface area contributed by atoms with Gasteiger partial charge in [0, 0.05) is 37.4 Å². The van der Waals surface area contributed by atoms with Gasteiger partial charge in [-0.15, -0.1) is 0 Å². The molecule has 7 heteroatoms. The topological polar surface area (TPSA) is 87.9 Å². The maximum atomic E-state index is 12.0. The van der Waals surface area contributed by atoms with Gasteiger partial charge < -0.3 is 14.5 Å². The van der Waals surface area contributed by atoms with Crippen LogP contribution < -0.4 is 16.2 Å². The quantitative estimate of drug-likeness (QED) is 0.488. The van der Waals surface area contributed by atoms with E-state index in [1.807, 2.05) is 32.9 Å². The number of piperazine rings is 1. The Hall–Kier alpha value is -2.28. The molecule has 1 aliphatic heterocycles. The van der Waals surface area contributed by atoms with Crippen molar-refractivity contribution in [2.24, 2.45) is 5.84 Å². The van der Waals surface area contributed by atoms with Gasteiger partial charge in [0.05, 0.1) is 0 Å². The minimum atomic E-state index is -0.479. The Kier molecular flexibility index (Phi) is 5.10. The number of hydrazine groups is 1. The van der Waals surface area contributed by atoms with E-state index in [9.17, 15) is 9.59 Å². The zero-order chi connectivity index (χ0) is 17.0. The predicted octanol–water partition coefficient (Wildman–Crippen LogP) is 1.35. The average Bonchev–Trinajstić information content (AvgIpc) is 2.53. The Morgan fingerprint density at radius 3 is 2.13 bits per heavy atom. The number of amides is 2. The van der Waals surface area contributed by atoms with E-state index in [-0.39, 0.29) is 12.0 Å². The van der Waals surface area contributed by atoms with Crippen molar-refractivity contribution in [3.63, 3.8) is 0 Å². The SMILES string of the molecule is CC(C)(C)OC(=O)N1CCN(c2ccc(C(=O)NN)cc2)CC1. The number of benzene rings is 1. The molecule has 0 aromatic heterocycles. The summed E-state index contributed by atoms with van der Waals surface area (Å²) in [6, 6.07) is 7.23. The molecule has 0 unspecified atom stereocenters. The molecule has 1 heterocycles. The third kappa shape index (κ3) is 4.59. The summed E-state index contributed by atoms with van der Waals surface area (Å²) >= 11 is 0. The summed E-state index contributed by atoms with van der Waals surface area (Å²) in [5, 5.41) is 0. The van der Waals surface area contributed by atoms with Crippen LogP contribution in [0.4, 0.5) is 10.5 Å². The molecule has 1 saturated heterocycles. The first-order valence-electron chi connectivity index (χ1n) is 7.64. The molecule has 126 valence electrons. The van der Waals surface area contributed by atoms with Gasteiger partial charge in [-0.1, -0.05) is 0 Å². The standard InChI is InChI=1S/C16H24N4O3/c1-16(2,3)23-15(22)20-10-8-19(9-11-20)13-6-4-12(5-7-13)14(21)18-17/h4-7H,8-11,17H2,1-3H3,(H,18,21). The van der Waals surface area contributed by atoms with E-state index in [4.69, 9.17) is 10.6 Å². The lowest BCUT2D eigenvalue weighted by Gasteiger charge is -2.36. The molecular formula is C16H24N4O3. The summed E-state index contributed by atoms with van der Waals surface area (Å²) in [5.41, 5.74) is 3.16. The summed E-state index contributed by atoms with van der Waals surface area (Å²) in [7, 11) is 0. The highest BCUT2D eigenvalue weighted by molar-refractivity contribution is 5.94. The van der Waals surface area contributed by atoms with Gasteiger partial charge in [-0.05, 0) is 45.0 Å². The lowest BCUT2D eigenvalue weighted by Crippen LogP contribution is -2.50. The van der Waals surface area contributed by atoms with Crippen LogP contribution in [0.3, 0.4) is 0 Å². The van der Waals surface area contributed by atoms with Crippen molar-refractivity contribution >= 4 is 17.7 Å². The highest BCUT2D eigenvalue weighted by atomic mass is 16.6. The lowest BCUT2D eigenvalue weighted by molar-refractivity contribution is 0.0240. The molecule has 1 fully saturated rings. The number of nitrogens with zero attached hydrogens (tertiary/aromatic N) is 2. The molecule has 0 saturated carbocycles. The number of ether oxygens (including phenoxy) is 1. The molecule has 1 aliphatic rings. The van der Waals surface area contributed by atoms with E-state index in [1.54, 1.807) is 17.0 Å². The van der Waals surface area contributed by atoms with Crippen LogP contribution in [0.15, 0.2) is 24.3 Å². The molecule has 23 heavy (non-hydrogen) atoms. The number of nitrogens with one attached hydrogen (secondary N) is 1. The van der Waals surface area contributed by atoms with Crippen molar-refractivity contribution in [1.82, 2.24) is 10.3 Å². The van der Waals surface area contributed by atoms with Crippen molar-refractivity contribution in [3.8, 4) is 0 Å². The van der Waals surface area contributed by atoms with Gasteiger partial charge in [-0.3, -0.25) is 10.2 Å². The van der Waals surface area contributed by atoms with Gasteiger partial charge in [0.2, 0.25) is 0 Å². The van der Waals surface area contributed by atoms with Crippen LogP contribution in [0.25, 0.3) is 0 Å². The average molecular weight is 320 g/mol. The summed E-state index contributed by atoms with van der Waals surface area (Å²) in [6.45, 7) is 8.25. The minimum Gasteiger partial charge on any atom is -0.444 e. The summed E-state index contributed by atoms with van der Waals surface area (Å²) in [5.74, 6) is 4.80. The van der Waals surface area contributed by atoms with E-state index in [1.165, 1.54) is 0 Å². The second kappa shape index (κ2) is 6.87. The molecule has 3 N–H and O–H groups in total. The van der Waals surface area contributed by atoms with Crippen molar-refractivity contribution in [2.45, 2.75) is 26.4 Å². The van der Waals surface area contributed by atoms with Crippen LogP contribution >= 0.6 is 0 Å². The molecular weight excluding hydrogens is 296 g/mol. The van der Waals surface area contributed by atoms with Crippen LogP contribution in [-0.4, -0.2) is 48.7 Å². The van der Waals surface area contributed by atoms with Gasteiger partial charge >= 0.3 is 6.09 Å². The second-order valence-electron chi connectivity index (χ2n) is 6.47. The van der Waals surface area contributed by atoms with Gasteiger partial charge in [0.1, 0.15) is 5.60 Å². The maximum absolute atomic E-state index is 12.0. The van der Waals surface area contributed by atoms with Crippen LogP contribution in [0, 0.1) is 0 Å². The van der Waals surface area contributed by atoms with E-state index in [0.29, 0.717) is 18.7 Å². The number of nitrogen functional groups attached to an aromatic ring is 1. The highest BCUT2D eigenvalue weighted by Gasteiger charge is 2.25. The van der Waals surface area contributed by atoms with Crippen molar-refractivity contribution < 1.29 is 14.3 Å². The Morgan fingerprint density at radius 1 is 1.09 bits per heavy atom. The molecule has 1 aromatic rings. The normalized spacial score (nSPS) is 15.3. The summed E-state index contributed by atoms with van der Waals surface area (Å²) in [4.78, 5) is 27.4. The molecule has 7 nitrogen and oxygen atoms in total. The zero-order valence-corrected chi connectivity index (χ0v) is 13.8. The number of anilines is 1. The molecule has 2 rings (SSSR count). The van der Waals surface area contributed by atoms with E-state index >= 15 is 0 Å². The predicted molar refractivity (Wildman–Crippen MR) is 88.1 cm³/mol. The first-order chi connectivity index (χ1) is 10.8. The van der Waals surface area contributed by atoms with Crippen LogP contribution in [0.5, 0.6) is 0 Å². The molecule has 1 aromatic carbocycles. The highest BCUT2D eigenvalue weighted by Crippen LogP contribution is 2.18. The third-order valence-electron chi connectivity index (χ3n) is 3.56. The van der Waals surface area contributed by atoms with Crippen molar-refractivity contribution in [1.29, 1.82) is 0 Å². The number of hydrogen-bond donors (Lipinski definition) is 2. The summed E-state index contributed by atoms with van der Waals surface area (Å²) in [6.07, 6.45) is -0.271. The number of nitrogens with two attached hydrogens (primary N) is 1. The van der Waals surface area contributed by atoms with Crippen molar-refractivity contribution in [3.05, 3.63) is 29.8 Å². The first-order valence-corrected chi connectivity index (χ1v) is 7.64. The largest absolute Gasteiger partial charge is 0.444 e. The van der Waals surface area contributed by atoms with E-state index < -0.39 is 5.60 Å².